The van der Waals surface area contributed by atoms with Crippen molar-refractivity contribution in [2.75, 3.05) is 0 Å². The van der Waals surface area contributed by atoms with E-state index in [1.807, 2.05) is 0 Å². The summed E-state index contributed by atoms with van der Waals surface area (Å²) >= 11 is 1.33. The van der Waals surface area contributed by atoms with E-state index in [-0.39, 0.29) is 6.42 Å². The van der Waals surface area contributed by atoms with Crippen molar-refractivity contribution in [1.82, 2.24) is 20.4 Å². The van der Waals surface area contributed by atoms with Crippen molar-refractivity contribution in [3.05, 3.63) is 16.8 Å². The predicted molar refractivity (Wildman–Crippen MR) is 53.6 cm³/mol. The minimum Gasteiger partial charge on any atom is -0.481 e. The van der Waals surface area contributed by atoms with Gasteiger partial charge in [-0.2, -0.15) is 15.4 Å². The van der Waals surface area contributed by atoms with E-state index < -0.39 is 5.97 Å². The monoisotopic (exact) mass is 224 g/mol. The summed E-state index contributed by atoms with van der Waals surface area (Å²) < 4.78 is 0. The Morgan fingerprint density at radius 2 is 2.47 bits per heavy atom. The third-order valence-corrected chi connectivity index (χ3v) is 3.02. The first-order chi connectivity index (χ1) is 7.16. The van der Waals surface area contributed by atoms with E-state index in [9.17, 15) is 4.79 Å². The summed E-state index contributed by atoms with van der Waals surface area (Å²) in [6, 6.07) is 0. The van der Waals surface area contributed by atoms with Gasteiger partial charge in [0.1, 0.15) is 10.7 Å². The van der Waals surface area contributed by atoms with E-state index in [2.05, 4.69) is 20.4 Å². The van der Waals surface area contributed by atoms with Crippen molar-refractivity contribution in [2.24, 2.45) is 0 Å². The fraction of sp³-hybridized carbons (Fsp3) is 0.250. The van der Waals surface area contributed by atoms with Gasteiger partial charge < -0.3 is 5.11 Å². The lowest BCUT2D eigenvalue weighted by Gasteiger charge is -1.89. The molecule has 2 aromatic heterocycles. The minimum atomic E-state index is -0.853. The molecule has 6 nitrogen and oxygen atoms in total. The van der Waals surface area contributed by atoms with Gasteiger partial charge in [-0.25, -0.2) is 4.98 Å². The summed E-state index contributed by atoms with van der Waals surface area (Å²) in [6.07, 6.45) is 1.56. The highest BCUT2D eigenvalue weighted by atomic mass is 32.1. The van der Waals surface area contributed by atoms with Crippen molar-refractivity contribution in [3.8, 4) is 10.7 Å². The van der Waals surface area contributed by atoms with Crippen molar-refractivity contribution >= 4 is 17.3 Å². The van der Waals surface area contributed by atoms with Crippen LogP contribution in [0.4, 0.5) is 0 Å². The molecule has 0 aromatic carbocycles. The molecule has 2 aromatic rings. The van der Waals surface area contributed by atoms with E-state index in [1.165, 1.54) is 11.3 Å². The third kappa shape index (κ3) is 2.01. The molecule has 15 heavy (non-hydrogen) atoms. The highest BCUT2D eigenvalue weighted by Crippen LogP contribution is 2.26. The number of carbonyl (C=O) groups is 1. The number of nitrogens with zero attached hydrogens (tertiary/aromatic N) is 3. The van der Waals surface area contributed by atoms with Gasteiger partial charge in [-0.1, -0.05) is 0 Å². The topological polar surface area (TPSA) is 91.8 Å². The molecule has 0 aliphatic heterocycles. The molecule has 7 heteroatoms. The molecule has 0 radical (unpaired) electrons. The number of aromatic amines is 1. The van der Waals surface area contributed by atoms with E-state index in [4.69, 9.17) is 5.11 Å². The van der Waals surface area contributed by atoms with E-state index in [1.54, 1.807) is 13.1 Å². The van der Waals surface area contributed by atoms with Crippen LogP contribution in [-0.2, 0) is 11.2 Å². The molecule has 2 N–H and O–H groups in total. The van der Waals surface area contributed by atoms with Gasteiger partial charge in [0.2, 0.25) is 0 Å². The summed E-state index contributed by atoms with van der Waals surface area (Å²) in [4.78, 5) is 15.6. The Balaban J connectivity index is 2.33. The van der Waals surface area contributed by atoms with Crippen LogP contribution in [0.2, 0.25) is 0 Å². The fourth-order valence-corrected chi connectivity index (χ4v) is 2.15. The Hall–Kier alpha value is -1.76. The maximum atomic E-state index is 10.6. The Morgan fingerprint density at radius 1 is 1.67 bits per heavy atom. The van der Waals surface area contributed by atoms with Gasteiger partial charge >= 0.3 is 5.97 Å². The zero-order chi connectivity index (χ0) is 10.8. The maximum absolute atomic E-state index is 10.6. The summed E-state index contributed by atoms with van der Waals surface area (Å²) in [7, 11) is 0. The molecule has 0 fully saturated rings. The average Bonchev–Trinajstić information content (AvgIpc) is 2.75. The molecule has 78 valence electrons. The number of aromatic nitrogens is 4. The molecule has 0 atom stereocenters. The standard InChI is InChI=1S/C8H8N4O2S/c1-4-6(2-7(13)14)15-8(10-4)5-3-9-12-11-5/h3H,2H2,1H3,(H,13,14)(H,9,11,12). The minimum absolute atomic E-state index is 0.00134. The Bertz CT molecular complexity index is 477. The van der Waals surface area contributed by atoms with Crippen LogP contribution in [0.25, 0.3) is 10.7 Å². The highest BCUT2D eigenvalue weighted by Gasteiger charge is 2.13. The van der Waals surface area contributed by atoms with Crippen LogP contribution in [0.3, 0.4) is 0 Å². The molecule has 0 saturated carbocycles. The number of H-pyrrole nitrogens is 1. The molecule has 0 unspecified atom stereocenters. The number of rotatable bonds is 3. The number of hydrogen-bond donors (Lipinski definition) is 2. The lowest BCUT2D eigenvalue weighted by Crippen LogP contribution is -1.99. The highest BCUT2D eigenvalue weighted by molar-refractivity contribution is 7.15. The van der Waals surface area contributed by atoms with Gasteiger partial charge in [0.25, 0.3) is 0 Å². The van der Waals surface area contributed by atoms with Crippen molar-refractivity contribution in [2.45, 2.75) is 13.3 Å². The normalized spacial score (nSPS) is 10.5. The van der Waals surface area contributed by atoms with E-state index in [0.717, 1.165) is 10.6 Å². The second kappa shape index (κ2) is 3.77. The Morgan fingerprint density at radius 3 is 3.07 bits per heavy atom. The van der Waals surface area contributed by atoms with Crippen LogP contribution < -0.4 is 0 Å². The number of hydrogen-bond acceptors (Lipinski definition) is 5. The number of nitrogens with one attached hydrogen (secondary N) is 1. The molecule has 0 saturated heterocycles. The summed E-state index contributed by atoms with van der Waals surface area (Å²) in [5, 5.41) is 19.4. The van der Waals surface area contributed by atoms with Crippen LogP contribution >= 0.6 is 11.3 Å². The smallest absolute Gasteiger partial charge is 0.308 e. The molecule has 2 rings (SSSR count). The fourth-order valence-electron chi connectivity index (χ4n) is 1.14. The van der Waals surface area contributed by atoms with Gasteiger partial charge in [-0.15, -0.1) is 11.3 Å². The van der Waals surface area contributed by atoms with Gasteiger partial charge in [0, 0.05) is 4.88 Å². The summed E-state index contributed by atoms with van der Waals surface area (Å²) in [5.74, 6) is -0.853. The van der Waals surface area contributed by atoms with Crippen molar-refractivity contribution < 1.29 is 9.90 Å². The SMILES string of the molecule is Cc1nc(-c2cn[nH]n2)sc1CC(=O)O. The van der Waals surface area contributed by atoms with Gasteiger partial charge in [-0.3, -0.25) is 4.79 Å². The first kappa shape index (κ1) is 9.78. The van der Waals surface area contributed by atoms with E-state index >= 15 is 0 Å². The molecular weight excluding hydrogens is 216 g/mol. The zero-order valence-corrected chi connectivity index (χ0v) is 8.71. The molecule has 0 aliphatic rings. The quantitative estimate of drug-likeness (QED) is 0.806. The summed E-state index contributed by atoms with van der Waals surface area (Å²) in [6.45, 7) is 1.79. The van der Waals surface area contributed by atoms with Crippen molar-refractivity contribution in [1.29, 1.82) is 0 Å². The van der Waals surface area contributed by atoms with E-state index in [0.29, 0.717) is 10.7 Å². The second-order valence-electron chi connectivity index (χ2n) is 2.95. The third-order valence-electron chi connectivity index (χ3n) is 1.84. The van der Waals surface area contributed by atoms with Crippen LogP contribution in [-0.4, -0.2) is 31.5 Å². The number of aryl methyl sites for hydroxylation is 1. The number of carboxylic acids is 1. The van der Waals surface area contributed by atoms with Gasteiger partial charge in [0.15, 0.2) is 0 Å². The Labute approximate surface area is 89.0 Å². The first-order valence-corrected chi connectivity index (χ1v) is 5.02. The van der Waals surface area contributed by atoms with Crippen LogP contribution in [0.15, 0.2) is 6.20 Å². The molecule has 0 spiro atoms. The largest absolute Gasteiger partial charge is 0.481 e. The predicted octanol–water partition coefficient (Wildman–Crippen LogP) is 0.864. The first-order valence-electron chi connectivity index (χ1n) is 4.21. The average molecular weight is 224 g/mol. The maximum Gasteiger partial charge on any atom is 0.308 e. The van der Waals surface area contributed by atoms with Gasteiger partial charge in [0.05, 0.1) is 18.3 Å². The molecule has 0 bridgehead atoms. The van der Waals surface area contributed by atoms with Crippen LogP contribution in [0.1, 0.15) is 10.6 Å². The van der Waals surface area contributed by atoms with Crippen molar-refractivity contribution in [3.63, 3.8) is 0 Å². The lowest BCUT2D eigenvalue weighted by molar-refractivity contribution is -0.136. The molecule has 0 amide bonds. The lowest BCUT2D eigenvalue weighted by atomic mass is 10.3. The van der Waals surface area contributed by atoms with Gasteiger partial charge in [-0.05, 0) is 6.92 Å². The molecule has 0 aliphatic carbocycles. The van der Waals surface area contributed by atoms with Crippen LogP contribution in [0.5, 0.6) is 0 Å². The summed E-state index contributed by atoms with van der Waals surface area (Å²) in [5.41, 5.74) is 1.38. The Kier molecular flexibility index (Phi) is 2.46. The number of thiazole rings is 1. The van der Waals surface area contributed by atoms with Crippen LogP contribution in [0, 0.1) is 6.92 Å². The number of aliphatic carboxylic acids is 1. The molecule has 2 heterocycles. The second-order valence-corrected chi connectivity index (χ2v) is 4.04. The number of carboxylic acid groups (broad SMARTS) is 1. The zero-order valence-electron chi connectivity index (χ0n) is 7.89. The molecular formula is C8H8N4O2S.